The van der Waals surface area contributed by atoms with E-state index in [0.29, 0.717) is 12.5 Å². The first kappa shape index (κ1) is 11.0. The normalized spacial score (nSPS) is 17.6. The van der Waals surface area contributed by atoms with Gasteiger partial charge in [0.1, 0.15) is 0 Å². The molecule has 1 saturated carbocycles. The van der Waals surface area contributed by atoms with Crippen molar-refractivity contribution < 1.29 is 14.7 Å². The molecule has 0 aromatic carbocycles. The van der Waals surface area contributed by atoms with Gasteiger partial charge in [-0.3, -0.25) is 9.59 Å². The summed E-state index contributed by atoms with van der Waals surface area (Å²) in [6.07, 6.45) is 2.61. The van der Waals surface area contributed by atoms with Crippen LogP contribution in [0.3, 0.4) is 0 Å². The van der Waals surface area contributed by atoms with Crippen LogP contribution in [0.2, 0.25) is 0 Å². The summed E-state index contributed by atoms with van der Waals surface area (Å²) in [6, 6.07) is 0.416. The van der Waals surface area contributed by atoms with E-state index >= 15 is 0 Å². The van der Waals surface area contributed by atoms with Crippen LogP contribution in [0.25, 0.3) is 0 Å². The van der Waals surface area contributed by atoms with Crippen molar-refractivity contribution in [3.05, 3.63) is 0 Å². The maximum absolute atomic E-state index is 11.5. The lowest BCUT2D eigenvalue weighted by molar-refractivity contribution is -0.138. The van der Waals surface area contributed by atoms with Crippen molar-refractivity contribution in [3.63, 3.8) is 0 Å². The van der Waals surface area contributed by atoms with Crippen molar-refractivity contribution in [2.45, 2.75) is 38.6 Å². The van der Waals surface area contributed by atoms with Gasteiger partial charge in [-0.1, -0.05) is 6.92 Å². The summed E-state index contributed by atoms with van der Waals surface area (Å²) in [5.41, 5.74) is 0. The highest BCUT2D eigenvalue weighted by Gasteiger charge is 2.29. The molecule has 1 unspecified atom stereocenters. The molecule has 4 heteroatoms. The first-order valence-electron chi connectivity index (χ1n) is 4.98. The summed E-state index contributed by atoms with van der Waals surface area (Å²) in [6.45, 7) is 1.80. The molecule has 0 bridgehead atoms. The van der Waals surface area contributed by atoms with E-state index in [9.17, 15) is 9.59 Å². The monoisotopic (exact) mass is 199 g/mol. The van der Waals surface area contributed by atoms with Gasteiger partial charge in [0.2, 0.25) is 5.91 Å². The molecule has 1 rings (SSSR count). The van der Waals surface area contributed by atoms with Crippen LogP contribution in [0.5, 0.6) is 0 Å². The Morgan fingerprint density at radius 3 is 2.43 bits per heavy atom. The Morgan fingerprint density at radius 1 is 1.43 bits per heavy atom. The Bertz CT molecular complexity index is 236. The molecule has 0 aromatic heterocycles. The van der Waals surface area contributed by atoms with E-state index in [0.717, 1.165) is 12.8 Å². The Hall–Kier alpha value is -1.06. The highest BCUT2D eigenvalue weighted by atomic mass is 16.4. The average molecular weight is 199 g/mol. The highest BCUT2D eigenvalue weighted by molar-refractivity contribution is 5.77. The lowest BCUT2D eigenvalue weighted by atomic mass is 10.0. The molecular formula is C10H17NO3. The number of carboxylic acids is 1. The van der Waals surface area contributed by atoms with Gasteiger partial charge in [-0.25, -0.2) is 0 Å². The molecule has 4 nitrogen and oxygen atoms in total. The van der Waals surface area contributed by atoms with Crippen LogP contribution < -0.4 is 0 Å². The lowest BCUT2D eigenvalue weighted by Gasteiger charge is -2.18. The molecular weight excluding hydrogens is 182 g/mol. The zero-order valence-corrected chi connectivity index (χ0v) is 8.69. The minimum atomic E-state index is -0.834. The summed E-state index contributed by atoms with van der Waals surface area (Å²) < 4.78 is 0. The number of amides is 1. The van der Waals surface area contributed by atoms with Crippen LogP contribution in [-0.4, -0.2) is 35.0 Å². The zero-order valence-electron chi connectivity index (χ0n) is 8.69. The van der Waals surface area contributed by atoms with E-state index < -0.39 is 5.97 Å². The number of hydrogen-bond donors (Lipinski definition) is 1. The second kappa shape index (κ2) is 4.44. The van der Waals surface area contributed by atoms with Crippen molar-refractivity contribution in [2.75, 3.05) is 7.05 Å². The zero-order chi connectivity index (χ0) is 10.7. The summed E-state index contributed by atoms with van der Waals surface area (Å²) in [5.74, 6) is -0.832. The van der Waals surface area contributed by atoms with Gasteiger partial charge in [0.15, 0.2) is 0 Å². The number of aliphatic carboxylic acids is 1. The topological polar surface area (TPSA) is 57.6 Å². The van der Waals surface area contributed by atoms with Crippen molar-refractivity contribution >= 4 is 11.9 Å². The minimum Gasteiger partial charge on any atom is -0.481 e. The van der Waals surface area contributed by atoms with E-state index in [1.54, 1.807) is 18.9 Å². The minimum absolute atomic E-state index is 0.0683. The molecule has 1 aliphatic rings. The molecule has 1 fully saturated rings. The van der Waals surface area contributed by atoms with Gasteiger partial charge < -0.3 is 10.0 Å². The maximum atomic E-state index is 11.5. The van der Waals surface area contributed by atoms with Crippen LogP contribution in [0.1, 0.15) is 32.6 Å². The van der Waals surface area contributed by atoms with E-state index in [1.807, 2.05) is 0 Å². The van der Waals surface area contributed by atoms with Crippen molar-refractivity contribution in [2.24, 2.45) is 5.92 Å². The molecule has 14 heavy (non-hydrogen) atoms. The predicted octanol–water partition coefficient (Wildman–Crippen LogP) is 1.11. The average Bonchev–Trinajstić information content (AvgIpc) is 2.83. The largest absolute Gasteiger partial charge is 0.481 e. The van der Waals surface area contributed by atoms with Crippen LogP contribution in [0, 0.1) is 5.92 Å². The van der Waals surface area contributed by atoms with E-state index in [2.05, 4.69) is 0 Å². The second-order valence-corrected chi connectivity index (χ2v) is 4.14. The van der Waals surface area contributed by atoms with Gasteiger partial charge in [-0.05, 0) is 18.8 Å². The second-order valence-electron chi connectivity index (χ2n) is 4.14. The number of hydrogen-bond acceptors (Lipinski definition) is 2. The van der Waals surface area contributed by atoms with Gasteiger partial charge in [-0.2, -0.15) is 0 Å². The molecule has 0 saturated heterocycles. The predicted molar refractivity (Wildman–Crippen MR) is 51.8 cm³/mol. The SMILES string of the molecule is CC(CC(=O)O)CC(=O)N(C)C1CC1. The highest BCUT2D eigenvalue weighted by Crippen LogP contribution is 2.26. The van der Waals surface area contributed by atoms with E-state index in [4.69, 9.17) is 5.11 Å². The summed E-state index contributed by atoms with van der Waals surface area (Å²) in [7, 11) is 1.80. The molecule has 80 valence electrons. The molecule has 0 heterocycles. The van der Waals surface area contributed by atoms with Crippen LogP contribution in [-0.2, 0) is 9.59 Å². The van der Waals surface area contributed by atoms with Gasteiger partial charge in [-0.15, -0.1) is 0 Å². The molecule has 1 atom stereocenters. The van der Waals surface area contributed by atoms with E-state index in [1.165, 1.54) is 0 Å². The van der Waals surface area contributed by atoms with Crippen LogP contribution in [0.15, 0.2) is 0 Å². The van der Waals surface area contributed by atoms with Crippen molar-refractivity contribution in [1.82, 2.24) is 4.90 Å². The Morgan fingerprint density at radius 2 is 2.00 bits per heavy atom. The van der Waals surface area contributed by atoms with Crippen molar-refractivity contribution in [3.8, 4) is 0 Å². The lowest BCUT2D eigenvalue weighted by Crippen LogP contribution is -2.30. The molecule has 0 aromatic rings. The van der Waals surface area contributed by atoms with E-state index in [-0.39, 0.29) is 18.2 Å². The summed E-state index contributed by atoms with van der Waals surface area (Å²) in [4.78, 5) is 23.7. The Balaban J connectivity index is 2.27. The quantitative estimate of drug-likeness (QED) is 0.721. The molecule has 0 spiro atoms. The molecule has 1 amide bonds. The third-order valence-electron chi connectivity index (χ3n) is 2.53. The third kappa shape index (κ3) is 3.36. The first-order chi connectivity index (χ1) is 6.50. The molecule has 0 aliphatic heterocycles. The van der Waals surface area contributed by atoms with Crippen LogP contribution in [0.4, 0.5) is 0 Å². The maximum Gasteiger partial charge on any atom is 0.303 e. The molecule has 1 N–H and O–H groups in total. The number of nitrogens with zero attached hydrogens (tertiary/aromatic N) is 1. The smallest absolute Gasteiger partial charge is 0.303 e. The fourth-order valence-electron chi connectivity index (χ4n) is 1.48. The van der Waals surface area contributed by atoms with Gasteiger partial charge in [0, 0.05) is 25.9 Å². The van der Waals surface area contributed by atoms with Gasteiger partial charge in [0.05, 0.1) is 0 Å². The standard InChI is InChI=1S/C10H17NO3/c1-7(6-10(13)14)5-9(12)11(2)8-3-4-8/h7-8H,3-6H2,1-2H3,(H,13,14). The summed E-state index contributed by atoms with van der Waals surface area (Å²) >= 11 is 0. The van der Waals surface area contributed by atoms with Crippen LogP contribution >= 0.6 is 0 Å². The molecule has 0 radical (unpaired) electrons. The fraction of sp³-hybridized carbons (Fsp3) is 0.800. The Labute approximate surface area is 83.9 Å². The number of carboxylic acid groups (broad SMARTS) is 1. The van der Waals surface area contributed by atoms with Gasteiger partial charge >= 0.3 is 5.97 Å². The Kier molecular flexibility index (Phi) is 3.49. The first-order valence-corrected chi connectivity index (χ1v) is 4.98. The third-order valence-corrected chi connectivity index (χ3v) is 2.53. The molecule has 1 aliphatic carbocycles. The van der Waals surface area contributed by atoms with Crippen molar-refractivity contribution in [1.29, 1.82) is 0 Å². The fourth-order valence-corrected chi connectivity index (χ4v) is 1.48. The van der Waals surface area contributed by atoms with Gasteiger partial charge in [0.25, 0.3) is 0 Å². The number of carbonyl (C=O) groups is 2. The number of rotatable bonds is 5. The summed E-state index contributed by atoms with van der Waals surface area (Å²) in [5, 5.41) is 8.53. The number of carbonyl (C=O) groups excluding carboxylic acids is 1.